The molecule has 1 saturated heterocycles. The summed E-state index contributed by atoms with van der Waals surface area (Å²) in [6.07, 6.45) is 5.40. The summed E-state index contributed by atoms with van der Waals surface area (Å²) in [5, 5.41) is 3.05. The van der Waals surface area contributed by atoms with Gasteiger partial charge in [-0.3, -0.25) is 15.0 Å². The van der Waals surface area contributed by atoms with Gasteiger partial charge in [-0.15, -0.1) is 0 Å². The van der Waals surface area contributed by atoms with Gasteiger partial charge in [0.15, 0.2) is 16.7 Å². The van der Waals surface area contributed by atoms with Crippen LogP contribution in [0.15, 0.2) is 326 Å². The van der Waals surface area contributed by atoms with Gasteiger partial charge in [-0.25, -0.2) is 0 Å². The lowest BCUT2D eigenvalue weighted by molar-refractivity contribution is 0.00578. The van der Waals surface area contributed by atoms with Gasteiger partial charge in [0.1, 0.15) is 33.3 Å². The van der Waals surface area contributed by atoms with E-state index in [-0.39, 0.29) is 40.6 Å². The van der Waals surface area contributed by atoms with E-state index in [4.69, 9.17) is 22.6 Å². The van der Waals surface area contributed by atoms with Gasteiger partial charge in [0.25, 0.3) is 0 Å². The van der Waals surface area contributed by atoms with Gasteiger partial charge in [0, 0.05) is 43.7 Å². The topological polar surface area (TPSA) is 96.6 Å². The lowest BCUT2D eigenvalue weighted by Gasteiger charge is -2.32. The molecule has 11 aromatic carbocycles. The minimum atomic E-state index is -0.372. The quantitative estimate of drug-likeness (QED) is 0.132. The van der Waals surface area contributed by atoms with Crippen LogP contribution in [0.2, 0.25) is 0 Å². The van der Waals surface area contributed by atoms with Crippen molar-refractivity contribution in [3.8, 4) is 89.0 Å². The van der Waals surface area contributed by atoms with Crippen LogP contribution in [-0.2, 0) is 9.31 Å². The van der Waals surface area contributed by atoms with Crippen LogP contribution < -0.4 is 5.46 Å². The maximum absolute atomic E-state index is 6.11. The molecule has 8 nitrogen and oxygen atoms in total. The largest absolute Gasteiger partial charge is 0.494 e. The van der Waals surface area contributed by atoms with E-state index in [9.17, 15) is 0 Å². The monoisotopic (exact) mass is 1450 g/mol. The number of hydrogen-bond acceptors (Lipinski definition) is 8. The van der Waals surface area contributed by atoms with E-state index in [1.54, 1.807) is 6.20 Å². The number of benzene rings is 11. The third-order valence-corrected chi connectivity index (χ3v) is 19.7. The Labute approximate surface area is 606 Å². The Morgan fingerprint density at radius 1 is 0.257 bits per heavy atom. The maximum Gasteiger partial charge on any atom is 0.494 e. The average Bonchev–Trinajstić information content (AvgIpc) is 1.64. The van der Waals surface area contributed by atoms with Crippen LogP contribution >= 0.6 is 31.9 Å². The highest BCUT2D eigenvalue weighted by molar-refractivity contribution is 9.10. The van der Waals surface area contributed by atoms with Crippen molar-refractivity contribution in [3.63, 3.8) is 0 Å². The van der Waals surface area contributed by atoms with Crippen molar-refractivity contribution < 1.29 is 22.6 Å². The van der Waals surface area contributed by atoms with Gasteiger partial charge >= 0.3 is 7.12 Å². The average molecular weight is 1450 g/mol. The molecule has 7 heterocycles. The summed E-state index contributed by atoms with van der Waals surface area (Å²) in [7, 11) is -0.372. The number of fused-ring (bicyclic) bond motifs is 9. The van der Waals surface area contributed by atoms with E-state index in [1.807, 2.05) is 73.1 Å². The highest BCUT2D eigenvalue weighted by Gasteiger charge is 2.51. The molecule has 496 valence electrons. The maximum atomic E-state index is 6.11. The first-order chi connectivity index (χ1) is 47.8. The Hall–Kier alpha value is -10.8. The Kier molecular flexibility index (Phi) is 19.6. The summed E-state index contributed by atoms with van der Waals surface area (Å²) in [6, 6.07) is 99.5. The number of hydrogen-bond donors (Lipinski definition) is 0. The van der Waals surface area contributed by atoms with Crippen molar-refractivity contribution in [2.45, 2.75) is 61.2 Å². The van der Waals surface area contributed by atoms with Gasteiger partial charge in [-0.2, -0.15) is 0 Å². The van der Waals surface area contributed by atoms with Crippen LogP contribution in [0.25, 0.3) is 155 Å². The molecule has 18 rings (SSSR count). The Morgan fingerprint density at radius 2 is 0.505 bits per heavy atom. The summed E-state index contributed by atoms with van der Waals surface area (Å²) >= 11 is 7.12. The van der Waals surface area contributed by atoms with Crippen LogP contribution in [0.4, 0.5) is 0 Å². The van der Waals surface area contributed by atoms with Crippen molar-refractivity contribution in [1.29, 1.82) is 0 Å². The minimum absolute atomic E-state index is 0. The lowest BCUT2D eigenvalue weighted by Crippen LogP contribution is -2.41. The molecule has 0 spiro atoms. The van der Waals surface area contributed by atoms with E-state index in [0.29, 0.717) is 0 Å². The van der Waals surface area contributed by atoms with Gasteiger partial charge in [0.05, 0.1) is 11.2 Å². The highest BCUT2D eigenvalue weighted by Crippen LogP contribution is 2.40. The molecule has 0 radical (unpaired) electrons. The highest BCUT2D eigenvalue weighted by atomic mass is 79.9. The normalized spacial score (nSPS) is 12.9. The first-order valence-electron chi connectivity index (χ1n) is 32.6. The fourth-order valence-electron chi connectivity index (χ4n) is 12.9. The number of furan rings is 3. The van der Waals surface area contributed by atoms with Crippen molar-refractivity contribution >= 4 is 111 Å². The molecule has 17 aromatic rings. The van der Waals surface area contributed by atoms with Gasteiger partial charge in [-0.1, -0.05) is 206 Å². The van der Waals surface area contributed by atoms with Crippen molar-refractivity contribution in [3.05, 3.63) is 313 Å². The SMILES string of the molecule is Brc1cccc(-c2cccc(-c3cccc(-c4cccc(Br)c4)c3)c2)c1.C.C.C.CC1(C)OB(c2ccc3oc4cccnc4c3c2)OC1(C)C.c1cc(-c2cccc(-c3cccc(-c4ccc5oc6cccnc6c5c4)c3)c2)cc(-c2cccc(-c3ccc4oc5cccnc5c4c3)c2)c1. The molecule has 0 N–H and O–H groups in total. The number of halogens is 2. The molecular weight excluding hydrogens is 1370 g/mol. The zero-order chi connectivity index (χ0) is 66.5. The molecule has 0 atom stereocenters. The standard InChI is InChI=1S/C46H28N2O2.C24H16Br2.C17H18BNO3.3CH4/c1-7-29(23-31(9-1)33-11-3-13-35(25-33)37-17-19-41-39(27-37)45-43(49-41)15-5-21-47-45)30-8-2-10-32(24-30)34-12-4-14-36(26-34)38-18-20-42-40(28-38)46-44(50-42)16-6-22-48-46;25-23-11-3-9-21(15-23)19-7-1-5-17(13-19)18-6-2-8-20(14-18)22-10-4-12-24(26)16-22;1-16(2)17(3,4)22-18(21-16)11-7-8-13-12(10-11)15-14(20-13)6-5-9-19-15;;;/h1-28H;1-16H;5-10H,1-4H3;3*1H4. The van der Waals surface area contributed by atoms with Crippen molar-refractivity contribution in [2.24, 2.45) is 0 Å². The number of rotatable bonds is 9. The van der Waals surface area contributed by atoms with Gasteiger partial charge in [-0.05, 0) is 256 Å². The summed E-state index contributed by atoms with van der Waals surface area (Å²) in [5.41, 5.74) is 26.8. The smallest absolute Gasteiger partial charge is 0.454 e. The van der Waals surface area contributed by atoms with E-state index < -0.39 is 0 Å². The second-order valence-corrected chi connectivity index (χ2v) is 27.5. The molecule has 6 aromatic heterocycles. The summed E-state index contributed by atoms with van der Waals surface area (Å²) in [4.78, 5) is 13.6. The molecule has 1 aliphatic heterocycles. The molecule has 1 aliphatic rings. The van der Waals surface area contributed by atoms with Crippen molar-refractivity contribution in [2.75, 3.05) is 0 Å². The molecule has 0 amide bonds. The molecule has 101 heavy (non-hydrogen) atoms. The lowest BCUT2D eigenvalue weighted by atomic mass is 9.78. The first-order valence-corrected chi connectivity index (χ1v) is 34.2. The molecule has 0 bridgehead atoms. The van der Waals surface area contributed by atoms with Crippen LogP contribution in [-0.4, -0.2) is 33.3 Å². The van der Waals surface area contributed by atoms with E-state index in [0.717, 1.165) is 103 Å². The van der Waals surface area contributed by atoms with Crippen LogP contribution in [0.1, 0.15) is 50.0 Å². The second kappa shape index (κ2) is 28.8. The molecular formula is C90H74BBr2N3O5. The summed E-state index contributed by atoms with van der Waals surface area (Å²) in [6.45, 7) is 8.22. The third kappa shape index (κ3) is 14.0. The third-order valence-electron chi connectivity index (χ3n) is 18.7. The second-order valence-electron chi connectivity index (χ2n) is 25.6. The van der Waals surface area contributed by atoms with E-state index >= 15 is 0 Å². The zero-order valence-corrected chi connectivity index (χ0v) is 57.3. The molecule has 11 heteroatoms. The summed E-state index contributed by atoms with van der Waals surface area (Å²) < 4.78 is 32.2. The van der Waals surface area contributed by atoms with Crippen LogP contribution in [0.5, 0.6) is 0 Å². The Balaban J connectivity index is 0.000000150. The molecule has 0 saturated carbocycles. The number of nitrogens with zero attached hydrogens (tertiary/aromatic N) is 3. The number of pyridine rings is 3. The van der Waals surface area contributed by atoms with E-state index in [1.165, 1.54) is 66.8 Å². The predicted octanol–water partition coefficient (Wildman–Crippen LogP) is 26.0. The number of aromatic nitrogens is 3. The van der Waals surface area contributed by atoms with E-state index in [2.05, 4.69) is 299 Å². The fourth-order valence-corrected chi connectivity index (χ4v) is 13.7. The Morgan fingerprint density at radius 3 is 0.792 bits per heavy atom. The summed E-state index contributed by atoms with van der Waals surface area (Å²) in [5.74, 6) is 0. The fraction of sp³-hybridized carbons (Fsp3) is 0.100. The Bertz CT molecular complexity index is 5570. The molecule has 0 aliphatic carbocycles. The van der Waals surface area contributed by atoms with Crippen LogP contribution in [0, 0.1) is 0 Å². The minimum Gasteiger partial charge on any atom is -0.454 e. The molecule has 0 unspecified atom stereocenters. The molecule has 1 fully saturated rings. The van der Waals surface area contributed by atoms with Gasteiger partial charge in [0.2, 0.25) is 0 Å². The van der Waals surface area contributed by atoms with Gasteiger partial charge < -0.3 is 22.6 Å². The zero-order valence-electron chi connectivity index (χ0n) is 54.1. The van der Waals surface area contributed by atoms with Crippen molar-refractivity contribution in [1.82, 2.24) is 15.0 Å². The first kappa shape index (κ1) is 68.7. The predicted molar refractivity (Wildman–Crippen MR) is 429 cm³/mol. The van der Waals surface area contributed by atoms with Crippen LogP contribution in [0.3, 0.4) is 0 Å².